The molecule has 0 aliphatic carbocycles. The van der Waals surface area contributed by atoms with Gasteiger partial charge in [-0.2, -0.15) is 5.26 Å². The summed E-state index contributed by atoms with van der Waals surface area (Å²) >= 11 is 1.40. The van der Waals surface area contributed by atoms with E-state index in [1.807, 2.05) is 11.4 Å². The first kappa shape index (κ1) is 27.1. The maximum atomic E-state index is 14.7. The fourth-order valence-corrected chi connectivity index (χ4v) is 4.69. The van der Waals surface area contributed by atoms with E-state index in [9.17, 15) is 24.0 Å². The van der Waals surface area contributed by atoms with Gasteiger partial charge < -0.3 is 20.4 Å². The zero-order valence-corrected chi connectivity index (χ0v) is 21.4. The number of rotatable bonds is 10. The molecule has 0 bridgehead atoms. The molecular formula is C25H31FN6O3S. The number of thiazole rings is 1. The van der Waals surface area contributed by atoms with Crippen LogP contribution >= 0.6 is 11.3 Å². The van der Waals surface area contributed by atoms with Crippen molar-refractivity contribution in [1.29, 1.82) is 5.26 Å². The summed E-state index contributed by atoms with van der Waals surface area (Å²) < 4.78 is 14.7. The number of halogens is 1. The maximum absolute atomic E-state index is 14.7. The molecule has 3 unspecified atom stereocenters. The molecule has 3 atom stereocenters. The van der Waals surface area contributed by atoms with Crippen molar-refractivity contribution in [2.45, 2.75) is 50.9 Å². The van der Waals surface area contributed by atoms with Gasteiger partial charge in [-0.05, 0) is 32.4 Å². The van der Waals surface area contributed by atoms with Gasteiger partial charge in [-0.3, -0.25) is 14.4 Å². The Labute approximate surface area is 214 Å². The molecule has 0 spiro atoms. The van der Waals surface area contributed by atoms with Crippen LogP contribution in [0.2, 0.25) is 0 Å². The standard InChI is InChI=1S/C25H31FN6O3S/c1-25(2,26)14-20(31(3)21(33)9-10-28-24-29-11-12-36-24)23(35)32-16-17(13-19(32)15-27)22(34)30-18-7-5-4-6-8-18/h4-8,11-12,17,19-20H,9-10,13-14,16H2,1-3H3,(H,28,29)(H,30,34). The smallest absolute Gasteiger partial charge is 0.246 e. The number of alkyl halides is 1. The molecule has 0 saturated carbocycles. The lowest BCUT2D eigenvalue weighted by Gasteiger charge is -2.34. The lowest BCUT2D eigenvalue weighted by atomic mass is 9.98. The van der Waals surface area contributed by atoms with Gasteiger partial charge in [0.05, 0.1) is 12.0 Å². The number of likely N-dealkylation sites (tertiary alicyclic amines) is 1. The molecule has 1 aromatic carbocycles. The first-order chi connectivity index (χ1) is 17.1. The van der Waals surface area contributed by atoms with Crippen LogP contribution in [0.1, 0.15) is 33.1 Å². The number of benzene rings is 1. The number of likely N-dealkylation sites (N-methyl/N-ethyl adjacent to an activating group) is 1. The molecule has 1 fully saturated rings. The highest BCUT2D eigenvalue weighted by Gasteiger charge is 2.43. The molecule has 2 aromatic rings. The highest BCUT2D eigenvalue weighted by molar-refractivity contribution is 7.13. The van der Waals surface area contributed by atoms with Crippen molar-refractivity contribution >= 4 is 39.9 Å². The normalized spacial score (nSPS) is 18.2. The largest absolute Gasteiger partial charge is 0.361 e. The van der Waals surface area contributed by atoms with Crippen LogP contribution < -0.4 is 10.6 Å². The summed E-state index contributed by atoms with van der Waals surface area (Å²) in [5.74, 6) is -1.77. The monoisotopic (exact) mass is 514 g/mol. The second-order valence-corrected chi connectivity index (χ2v) is 10.3. The van der Waals surface area contributed by atoms with Gasteiger partial charge in [-0.15, -0.1) is 11.3 Å². The van der Waals surface area contributed by atoms with Crippen LogP contribution in [0.5, 0.6) is 0 Å². The molecule has 3 amide bonds. The Balaban J connectivity index is 1.69. The maximum Gasteiger partial charge on any atom is 0.246 e. The van der Waals surface area contributed by atoms with Crippen molar-refractivity contribution in [3.8, 4) is 6.07 Å². The van der Waals surface area contributed by atoms with Crippen LogP contribution in [-0.4, -0.2) is 70.4 Å². The second-order valence-electron chi connectivity index (χ2n) is 9.38. The van der Waals surface area contributed by atoms with Crippen molar-refractivity contribution in [3.05, 3.63) is 41.9 Å². The fourth-order valence-electron chi connectivity index (χ4n) is 4.14. The molecule has 0 radical (unpaired) electrons. The molecule has 1 aromatic heterocycles. The summed E-state index contributed by atoms with van der Waals surface area (Å²) in [5.41, 5.74) is -1.12. The van der Waals surface area contributed by atoms with Gasteiger partial charge in [0.15, 0.2) is 5.13 Å². The molecule has 1 aliphatic rings. The molecule has 3 rings (SSSR count). The average molecular weight is 515 g/mol. The predicted molar refractivity (Wildman–Crippen MR) is 136 cm³/mol. The molecule has 11 heteroatoms. The minimum atomic E-state index is -1.74. The number of amides is 3. The van der Waals surface area contributed by atoms with E-state index >= 15 is 0 Å². The Bertz CT molecular complexity index is 1080. The number of nitriles is 1. The first-order valence-corrected chi connectivity index (χ1v) is 12.6. The van der Waals surface area contributed by atoms with Crippen molar-refractivity contribution in [3.63, 3.8) is 0 Å². The lowest BCUT2D eigenvalue weighted by molar-refractivity contribution is -0.146. The fraction of sp³-hybridized carbons (Fsp3) is 0.480. The summed E-state index contributed by atoms with van der Waals surface area (Å²) in [6.45, 7) is 3.02. The van der Waals surface area contributed by atoms with E-state index in [2.05, 4.69) is 21.7 Å². The lowest BCUT2D eigenvalue weighted by Crippen LogP contribution is -2.52. The third-order valence-electron chi connectivity index (χ3n) is 6.02. The van der Waals surface area contributed by atoms with Gasteiger partial charge in [0.25, 0.3) is 0 Å². The number of nitrogens with zero attached hydrogens (tertiary/aromatic N) is 4. The van der Waals surface area contributed by atoms with Crippen LogP contribution in [0.3, 0.4) is 0 Å². The second kappa shape index (κ2) is 11.9. The Morgan fingerprint density at radius 1 is 1.33 bits per heavy atom. The minimum Gasteiger partial charge on any atom is -0.361 e. The number of carbonyl (C=O) groups excluding carboxylic acids is 3. The number of hydrogen-bond acceptors (Lipinski definition) is 7. The third kappa shape index (κ3) is 7.24. The zero-order chi connectivity index (χ0) is 26.3. The van der Waals surface area contributed by atoms with Gasteiger partial charge in [0, 0.05) is 50.2 Å². The van der Waals surface area contributed by atoms with Crippen LogP contribution in [-0.2, 0) is 14.4 Å². The number of aromatic nitrogens is 1. The molecule has 1 saturated heterocycles. The van der Waals surface area contributed by atoms with Crippen LogP contribution in [0.15, 0.2) is 41.9 Å². The molecular weight excluding hydrogens is 483 g/mol. The van der Waals surface area contributed by atoms with E-state index < -0.39 is 29.6 Å². The molecule has 192 valence electrons. The molecule has 1 aliphatic heterocycles. The van der Waals surface area contributed by atoms with E-state index in [0.29, 0.717) is 17.4 Å². The van der Waals surface area contributed by atoms with Crippen LogP contribution in [0, 0.1) is 17.2 Å². The Morgan fingerprint density at radius 2 is 2.06 bits per heavy atom. The van der Waals surface area contributed by atoms with Crippen LogP contribution in [0.25, 0.3) is 0 Å². The summed E-state index contributed by atoms with van der Waals surface area (Å²) in [5, 5.41) is 18.0. The van der Waals surface area contributed by atoms with Crippen molar-refractivity contribution in [2.24, 2.45) is 5.92 Å². The SMILES string of the molecule is CN(C(=O)CCNc1nccs1)C(CC(C)(C)F)C(=O)N1CC(C(=O)Nc2ccccc2)CC1C#N. The van der Waals surface area contributed by atoms with Crippen LogP contribution in [0.4, 0.5) is 15.2 Å². The quantitative estimate of drug-likeness (QED) is 0.502. The van der Waals surface area contributed by atoms with E-state index in [-0.39, 0.29) is 37.6 Å². The molecule has 2 heterocycles. The van der Waals surface area contributed by atoms with E-state index in [4.69, 9.17) is 0 Å². The van der Waals surface area contributed by atoms with Crippen molar-refractivity contribution < 1.29 is 18.8 Å². The van der Waals surface area contributed by atoms with Gasteiger partial charge >= 0.3 is 0 Å². The molecule has 2 N–H and O–H groups in total. The van der Waals surface area contributed by atoms with Gasteiger partial charge in [0.1, 0.15) is 17.8 Å². The Morgan fingerprint density at radius 3 is 2.67 bits per heavy atom. The Kier molecular flexibility index (Phi) is 8.98. The van der Waals surface area contributed by atoms with E-state index in [1.54, 1.807) is 30.5 Å². The Hall–Kier alpha value is -3.52. The molecule has 9 nitrogen and oxygen atoms in total. The van der Waals surface area contributed by atoms with Crippen molar-refractivity contribution in [1.82, 2.24) is 14.8 Å². The van der Waals surface area contributed by atoms with E-state index in [0.717, 1.165) is 0 Å². The number of carbonyl (C=O) groups is 3. The highest BCUT2D eigenvalue weighted by atomic mass is 32.1. The van der Waals surface area contributed by atoms with Gasteiger partial charge in [-0.25, -0.2) is 9.37 Å². The third-order valence-corrected chi connectivity index (χ3v) is 6.75. The van der Waals surface area contributed by atoms with Crippen molar-refractivity contribution in [2.75, 3.05) is 30.8 Å². The number of para-hydroxylation sites is 1. The summed E-state index contributed by atoms with van der Waals surface area (Å²) in [6, 6.07) is 9.06. The average Bonchev–Trinajstić information content (AvgIpc) is 3.51. The first-order valence-electron chi connectivity index (χ1n) is 11.7. The van der Waals surface area contributed by atoms with E-state index in [1.165, 1.54) is 42.0 Å². The number of hydrogen-bond donors (Lipinski definition) is 2. The van der Waals surface area contributed by atoms with Gasteiger partial charge in [-0.1, -0.05) is 18.2 Å². The summed E-state index contributed by atoms with van der Waals surface area (Å²) in [4.78, 5) is 45.9. The summed E-state index contributed by atoms with van der Waals surface area (Å²) in [7, 11) is 1.47. The summed E-state index contributed by atoms with van der Waals surface area (Å²) in [6.07, 6.45) is 1.66. The topological polar surface area (TPSA) is 118 Å². The predicted octanol–water partition coefficient (Wildman–Crippen LogP) is 3.29. The molecule has 36 heavy (non-hydrogen) atoms. The zero-order valence-electron chi connectivity index (χ0n) is 20.6. The number of nitrogens with one attached hydrogen (secondary N) is 2. The van der Waals surface area contributed by atoms with Gasteiger partial charge in [0.2, 0.25) is 17.7 Å². The number of anilines is 2. The highest BCUT2D eigenvalue weighted by Crippen LogP contribution is 2.28. The minimum absolute atomic E-state index is 0.0204.